The van der Waals surface area contributed by atoms with Crippen molar-refractivity contribution >= 4 is 17.3 Å². The Hall–Kier alpha value is -1.99. The number of halogens is 1. The van der Waals surface area contributed by atoms with Gasteiger partial charge in [0.25, 0.3) is 5.69 Å². The molecule has 0 aliphatic rings. The van der Waals surface area contributed by atoms with E-state index in [1.807, 2.05) is 0 Å². The summed E-state index contributed by atoms with van der Waals surface area (Å²) in [4.78, 5) is 10.4. The van der Waals surface area contributed by atoms with E-state index in [4.69, 9.17) is 11.6 Å². The zero-order valence-corrected chi connectivity index (χ0v) is 10.8. The van der Waals surface area contributed by atoms with Crippen LogP contribution in [0.1, 0.15) is 25.1 Å². The second kappa shape index (κ2) is 5.33. The quantitative estimate of drug-likeness (QED) is 0.686. The number of aliphatic hydroxyl groups is 1. The Balaban J connectivity index is 2.47. The van der Waals surface area contributed by atoms with E-state index < -0.39 is 11.0 Å². The van der Waals surface area contributed by atoms with Crippen LogP contribution in [0.25, 0.3) is 5.69 Å². The van der Waals surface area contributed by atoms with Gasteiger partial charge in [0.1, 0.15) is 11.4 Å². The lowest BCUT2D eigenvalue weighted by Crippen LogP contribution is -2.00. The van der Waals surface area contributed by atoms with Gasteiger partial charge in [-0.05, 0) is 18.6 Å². The van der Waals surface area contributed by atoms with Crippen molar-refractivity contribution in [3.63, 3.8) is 0 Å². The Bertz CT molecular complexity index is 614. The van der Waals surface area contributed by atoms with Crippen LogP contribution in [0.3, 0.4) is 0 Å². The first-order chi connectivity index (χ1) is 9.02. The van der Waals surface area contributed by atoms with E-state index in [0.717, 1.165) is 0 Å². The van der Waals surface area contributed by atoms with Gasteiger partial charge in [-0.3, -0.25) is 10.1 Å². The van der Waals surface area contributed by atoms with Gasteiger partial charge in [-0.2, -0.15) is 0 Å². The predicted molar refractivity (Wildman–Crippen MR) is 68.3 cm³/mol. The molecule has 2 aromatic rings. The number of aliphatic hydroxyl groups excluding tert-OH is 1. The number of aromatic nitrogens is 3. The molecule has 2 rings (SSSR count). The lowest BCUT2D eigenvalue weighted by Gasteiger charge is -2.03. The fourth-order valence-corrected chi connectivity index (χ4v) is 1.76. The monoisotopic (exact) mass is 282 g/mol. The minimum atomic E-state index is -0.736. The number of benzene rings is 1. The van der Waals surface area contributed by atoms with Crippen LogP contribution in [0.15, 0.2) is 24.4 Å². The molecule has 8 heteroatoms. The molecule has 0 radical (unpaired) electrons. The summed E-state index contributed by atoms with van der Waals surface area (Å²) in [5.74, 6) is 0. The molecular weight excluding hydrogens is 272 g/mol. The van der Waals surface area contributed by atoms with Crippen LogP contribution in [-0.4, -0.2) is 25.0 Å². The molecule has 1 heterocycles. The molecule has 1 N–H and O–H groups in total. The van der Waals surface area contributed by atoms with E-state index in [-0.39, 0.29) is 16.4 Å². The molecule has 1 aromatic carbocycles. The highest BCUT2D eigenvalue weighted by Gasteiger charge is 2.18. The molecule has 0 aliphatic carbocycles. The molecule has 0 bridgehead atoms. The average molecular weight is 283 g/mol. The molecule has 19 heavy (non-hydrogen) atoms. The summed E-state index contributed by atoms with van der Waals surface area (Å²) in [6.07, 6.45) is 1.21. The van der Waals surface area contributed by atoms with Gasteiger partial charge in [-0.25, -0.2) is 4.68 Å². The lowest BCUT2D eigenvalue weighted by molar-refractivity contribution is -0.384. The van der Waals surface area contributed by atoms with Gasteiger partial charge < -0.3 is 5.11 Å². The number of rotatable bonds is 4. The van der Waals surface area contributed by atoms with Crippen molar-refractivity contribution in [2.75, 3.05) is 0 Å². The van der Waals surface area contributed by atoms with Gasteiger partial charge in [-0.1, -0.05) is 23.7 Å². The van der Waals surface area contributed by atoms with Gasteiger partial charge in [0, 0.05) is 11.1 Å². The van der Waals surface area contributed by atoms with E-state index in [9.17, 15) is 15.2 Å². The molecule has 0 saturated heterocycles. The number of nitrogens with zero attached hydrogens (tertiary/aromatic N) is 4. The zero-order valence-electron chi connectivity index (χ0n) is 10.0. The van der Waals surface area contributed by atoms with Gasteiger partial charge in [0.2, 0.25) is 0 Å². The summed E-state index contributed by atoms with van der Waals surface area (Å²) in [5.41, 5.74) is 0.443. The minimum absolute atomic E-state index is 0.171. The van der Waals surface area contributed by atoms with Crippen LogP contribution >= 0.6 is 11.6 Å². The number of nitro benzene ring substituents is 1. The van der Waals surface area contributed by atoms with Gasteiger partial charge >= 0.3 is 0 Å². The topological polar surface area (TPSA) is 94.1 Å². The van der Waals surface area contributed by atoms with Gasteiger partial charge in [0.05, 0.1) is 17.2 Å². The highest BCUT2D eigenvalue weighted by molar-refractivity contribution is 6.30. The normalized spacial score (nSPS) is 12.4. The molecule has 0 saturated carbocycles. The van der Waals surface area contributed by atoms with Crippen molar-refractivity contribution < 1.29 is 10.0 Å². The van der Waals surface area contributed by atoms with E-state index >= 15 is 0 Å². The molecule has 0 aliphatic heterocycles. The summed E-state index contributed by atoms with van der Waals surface area (Å²) in [6, 6.07) is 4.26. The molecule has 0 spiro atoms. The van der Waals surface area contributed by atoms with Crippen LogP contribution in [0.5, 0.6) is 0 Å². The molecule has 100 valence electrons. The first-order valence-corrected chi connectivity index (χ1v) is 5.95. The van der Waals surface area contributed by atoms with Crippen LogP contribution in [-0.2, 0) is 0 Å². The average Bonchev–Trinajstić information content (AvgIpc) is 2.87. The third-order valence-corrected chi connectivity index (χ3v) is 2.86. The lowest BCUT2D eigenvalue weighted by atomic mass is 10.2. The van der Waals surface area contributed by atoms with Crippen LogP contribution in [0, 0.1) is 10.1 Å². The maximum absolute atomic E-state index is 11.0. The molecule has 1 unspecified atom stereocenters. The Kier molecular flexibility index (Phi) is 3.77. The standard InChI is InChI=1S/C11H11ClN4O3/c1-2-11(17)8-6-15(14-13-8)9-4-3-7(12)5-10(9)16(18)19/h3-6,11,17H,2H2,1H3. The zero-order chi connectivity index (χ0) is 14.0. The number of hydrogen-bond acceptors (Lipinski definition) is 5. The van der Waals surface area contributed by atoms with E-state index in [0.29, 0.717) is 12.1 Å². The maximum atomic E-state index is 11.0. The third-order valence-electron chi connectivity index (χ3n) is 2.62. The molecule has 0 fully saturated rings. The third kappa shape index (κ3) is 2.72. The van der Waals surface area contributed by atoms with Crippen molar-refractivity contribution in [3.8, 4) is 5.69 Å². The SMILES string of the molecule is CCC(O)c1cn(-c2ccc(Cl)cc2[N+](=O)[O-])nn1. The number of nitro groups is 1. The second-order valence-corrected chi connectivity index (χ2v) is 4.34. The Morgan fingerprint density at radius 3 is 2.95 bits per heavy atom. The van der Waals surface area contributed by atoms with Crippen LogP contribution in [0.4, 0.5) is 5.69 Å². The molecule has 7 nitrogen and oxygen atoms in total. The van der Waals surface area contributed by atoms with Crippen molar-refractivity contribution in [1.29, 1.82) is 0 Å². The van der Waals surface area contributed by atoms with Crippen molar-refractivity contribution in [3.05, 3.63) is 45.2 Å². The highest BCUT2D eigenvalue weighted by Crippen LogP contribution is 2.26. The van der Waals surface area contributed by atoms with Gasteiger partial charge in [-0.15, -0.1) is 5.10 Å². The Labute approximate surface area is 113 Å². The molecule has 1 aromatic heterocycles. The number of hydrogen-bond donors (Lipinski definition) is 1. The second-order valence-electron chi connectivity index (χ2n) is 3.90. The maximum Gasteiger partial charge on any atom is 0.296 e. The highest BCUT2D eigenvalue weighted by atomic mass is 35.5. The summed E-state index contributed by atoms with van der Waals surface area (Å²) in [6.45, 7) is 1.80. The van der Waals surface area contributed by atoms with Crippen molar-refractivity contribution in [2.45, 2.75) is 19.4 Å². The first kappa shape index (κ1) is 13.4. The fraction of sp³-hybridized carbons (Fsp3) is 0.273. The fourth-order valence-electron chi connectivity index (χ4n) is 1.59. The predicted octanol–water partition coefficient (Wildman–Crippen LogP) is 2.27. The van der Waals surface area contributed by atoms with E-state index in [1.165, 1.54) is 29.1 Å². The summed E-state index contributed by atoms with van der Waals surface area (Å²) in [5, 5.41) is 28.5. The molecule has 0 amide bonds. The summed E-state index contributed by atoms with van der Waals surface area (Å²) in [7, 11) is 0. The van der Waals surface area contributed by atoms with Gasteiger partial charge in [0.15, 0.2) is 0 Å². The molecule has 1 atom stereocenters. The molecular formula is C11H11ClN4O3. The minimum Gasteiger partial charge on any atom is -0.387 e. The van der Waals surface area contributed by atoms with E-state index in [2.05, 4.69) is 10.3 Å². The largest absolute Gasteiger partial charge is 0.387 e. The Morgan fingerprint density at radius 2 is 2.32 bits per heavy atom. The summed E-state index contributed by atoms with van der Waals surface area (Å²) < 4.78 is 1.25. The Morgan fingerprint density at radius 1 is 1.58 bits per heavy atom. The smallest absolute Gasteiger partial charge is 0.296 e. The van der Waals surface area contributed by atoms with Crippen molar-refractivity contribution in [1.82, 2.24) is 15.0 Å². The summed E-state index contributed by atoms with van der Waals surface area (Å²) >= 11 is 5.74. The van der Waals surface area contributed by atoms with Crippen LogP contribution < -0.4 is 0 Å². The van der Waals surface area contributed by atoms with E-state index in [1.54, 1.807) is 6.92 Å². The first-order valence-electron chi connectivity index (χ1n) is 5.57. The van der Waals surface area contributed by atoms with Crippen LogP contribution in [0.2, 0.25) is 5.02 Å². The van der Waals surface area contributed by atoms with Crippen molar-refractivity contribution in [2.24, 2.45) is 0 Å².